The van der Waals surface area contributed by atoms with Gasteiger partial charge in [-0.3, -0.25) is 9.59 Å². The van der Waals surface area contributed by atoms with Crippen LogP contribution in [0.5, 0.6) is 11.5 Å². The van der Waals surface area contributed by atoms with Crippen LogP contribution in [0.3, 0.4) is 0 Å². The summed E-state index contributed by atoms with van der Waals surface area (Å²) < 4.78 is 10.9. The molecule has 2 amide bonds. The van der Waals surface area contributed by atoms with Crippen LogP contribution in [0, 0.1) is 5.92 Å². The number of fused-ring (bicyclic) bond motifs is 1. The predicted molar refractivity (Wildman–Crippen MR) is 98.2 cm³/mol. The minimum atomic E-state index is -0.307. The van der Waals surface area contributed by atoms with Gasteiger partial charge < -0.3 is 20.1 Å². The molecule has 0 radical (unpaired) electrons. The largest absolute Gasteiger partial charge is 0.486 e. The fraction of sp³-hybridized carbons (Fsp3) is 0.263. The van der Waals surface area contributed by atoms with Gasteiger partial charge in [0.2, 0.25) is 5.91 Å². The molecule has 0 spiro atoms. The van der Waals surface area contributed by atoms with Crippen molar-refractivity contribution >= 4 is 34.8 Å². The summed E-state index contributed by atoms with van der Waals surface area (Å²) in [5.74, 6) is 0.818. The van der Waals surface area contributed by atoms with Gasteiger partial charge >= 0.3 is 0 Å². The molecule has 2 N–H and O–H groups in total. The normalized spacial score (nSPS) is 15.3. The van der Waals surface area contributed by atoms with Gasteiger partial charge in [0, 0.05) is 22.9 Å². The maximum absolute atomic E-state index is 12.5. The van der Waals surface area contributed by atoms with Crippen molar-refractivity contribution in [3.05, 3.63) is 47.0 Å². The van der Waals surface area contributed by atoms with Crippen LogP contribution < -0.4 is 20.1 Å². The smallest absolute Gasteiger partial charge is 0.255 e. The molecule has 1 fully saturated rings. The molecular formula is C19H17ClN2O4. The average molecular weight is 373 g/mol. The number of benzene rings is 2. The van der Waals surface area contributed by atoms with Gasteiger partial charge in [0.25, 0.3) is 5.91 Å². The lowest BCUT2D eigenvalue weighted by molar-refractivity contribution is -0.117. The number of rotatable bonds is 4. The van der Waals surface area contributed by atoms with Crippen LogP contribution in [0.2, 0.25) is 5.02 Å². The summed E-state index contributed by atoms with van der Waals surface area (Å²) in [5, 5.41) is 6.00. The summed E-state index contributed by atoms with van der Waals surface area (Å²) in [4.78, 5) is 24.2. The molecule has 1 saturated carbocycles. The summed E-state index contributed by atoms with van der Waals surface area (Å²) in [6.45, 7) is 0.852. The van der Waals surface area contributed by atoms with Gasteiger partial charge in [0.05, 0.1) is 5.02 Å². The number of anilines is 2. The van der Waals surface area contributed by atoms with E-state index in [2.05, 4.69) is 10.6 Å². The lowest BCUT2D eigenvalue weighted by Crippen LogP contribution is -2.17. The Bertz CT molecular complexity index is 863. The molecule has 7 heteroatoms. The quantitative estimate of drug-likeness (QED) is 0.857. The highest BCUT2D eigenvalue weighted by Gasteiger charge is 2.29. The first-order valence-corrected chi connectivity index (χ1v) is 8.79. The average Bonchev–Trinajstić information content (AvgIpc) is 3.48. The van der Waals surface area contributed by atoms with E-state index in [4.69, 9.17) is 21.1 Å². The van der Waals surface area contributed by atoms with Gasteiger partial charge in [0.1, 0.15) is 13.2 Å². The van der Waals surface area contributed by atoms with Crippen molar-refractivity contribution in [2.75, 3.05) is 23.8 Å². The molecule has 0 unspecified atom stereocenters. The van der Waals surface area contributed by atoms with Gasteiger partial charge in [-0.2, -0.15) is 0 Å². The Labute approximate surface area is 155 Å². The van der Waals surface area contributed by atoms with E-state index in [1.807, 2.05) is 0 Å². The van der Waals surface area contributed by atoms with E-state index >= 15 is 0 Å². The van der Waals surface area contributed by atoms with Gasteiger partial charge in [-0.1, -0.05) is 11.6 Å². The third kappa shape index (κ3) is 3.60. The van der Waals surface area contributed by atoms with Crippen molar-refractivity contribution in [3.63, 3.8) is 0 Å². The zero-order valence-electron chi connectivity index (χ0n) is 13.9. The van der Waals surface area contributed by atoms with Crippen LogP contribution in [0.25, 0.3) is 0 Å². The summed E-state index contributed by atoms with van der Waals surface area (Å²) in [7, 11) is 0. The zero-order valence-corrected chi connectivity index (χ0v) is 14.6. The molecule has 2 aromatic rings. The molecule has 4 rings (SSSR count). The number of carbonyl (C=O) groups excluding carboxylic acids is 2. The molecule has 1 heterocycles. The first-order chi connectivity index (χ1) is 12.6. The number of hydrogen-bond acceptors (Lipinski definition) is 4. The summed E-state index contributed by atoms with van der Waals surface area (Å²) >= 11 is 6.17. The molecule has 1 aliphatic heterocycles. The van der Waals surface area contributed by atoms with Crippen molar-refractivity contribution < 1.29 is 19.1 Å². The Morgan fingerprint density at radius 1 is 0.962 bits per heavy atom. The lowest BCUT2D eigenvalue weighted by Gasteiger charge is -2.20. The maximum Gasteiger partial charge on any atom is 0.255 e. The molecule has 6 nitrogen and oxygen atoms in total. The van der Waals surface area contributed by atoms with E-state index in [1.165, 1.54) is 0 Å². The molecule has 0 bridgehead atoms. The standard InChI is InChI=1S/C19H17ClN2O4/c20-15-9-12(10-16-17(15)26-8-7-25-16)19(24)22-14-5-3-13(4-6-14)21-18(23)11-1-2-11/h3-6,9-11H,1-2,7-8H2,(H,21,23)(H,22,24). The van der Waals surface area contributed by atoms with E-state index in [0.29, 0.717) is 46.7 Å². The molecule has 1 aliphatic carbocycles. The summed E-state index contributed by atoms with van der Waals surface area (Å²) in [5.41, 5.74) is 1.71. The zero-order chi connectivity index (χ0) is 18.1. The van der Waals surface area contributed by atoms with Crippen molar-refractivity contribution in [1.82, 2.24) is 0 Å². The van der Waals surface area contributed by atoms with E-state index in [-0.39, 0.29) is 17.7 Å². The highest BCUT2D eigenvalue weighted by atomic mass is 35.5. The predicted octanol–water partition coefficient (Wildman–Crippen LogP) is 3.71. The Hall–Kier alpha value is -2.73. The van der Waals surface area contributed by atoms with E-state index in [0.717, 1.165) is 12.8 Å². The van der Waals surface area contributed by atoms with Crippen molar-refractivity contribution in [2.24, 2.45) is 5.92 Å². The first kappa shape index (κ1) is 16.7. The first-order valence-electron chi connectivity index (χ1n) is 8.41. The number of ether oxygens (including phenoxy) is 2. The second-order valence-corrected chi connectivity index (χ2v) is 6.68. The maximum atomic E-state index is 12.5. The number of amides is 2. The molecule has 0 atom stereocenters. The third-order valence-corrected chi connectivity index (χ3v) is 4.50. The summed E-state index contributed by atoms with van der Waals surface area (Å²) in [6.07, 6.45) is 1.91. The highest BCUT2D eigenvalue weighted by Crippen LogP contribution is 2.38. The highest BCUT2D eigenvalue weighted by molar-refractivity contribution is 6.32. The van der Waals surface area contributed by atoms with Crippen molar-refractivity contribution in [2.45, 2.75) is 12.8 Å². The second kappa shape index (κ2) is 6.88. The monoisotopic (exact) mass is 372 g/mol. The molecule has 2 aliphatic rings. The molecule has 26 heavy (non-hydrogen) atoms. The molecule has 134 valence electrons. The fourth-order valence-corrected chi connectivity index (χ4v) is 2.94. The van der Waals surface area contributed by atoms with Crippen LogP contribution in [0.1, 0.15) is 23.2 Å². The topological polar surface area (TPSA) is 76.7 Å². The number of nitrogens with one attached hydrogen (secondary N) is 2. The van der Waals surface area contributed by atoms with E-state index in [1.54, 1.807) is 36.4 Å². The van der Waals surface area contributed by atoms with Crippen LogP contribution >= 0.6 is 11.6 Å². The Balaban J connectivity index is 1.44. The Morgan fingerprint density at radius 2 is 1.62 bits per heavy atom. The Morgan fingerprint density at radius 3 is 2.31 bits per heavy atom. The van der Waals surface area contributed by atoms with Gasteiger partial charge in [-0.15, -0.1) is 0 Å². The molecular weight excluding hydrogens is 356 g/mol. The number of halogens is 1. The van der Waals surface area contributed by atoms with Crippen molar-refractivity contribution in [1.29, 1.82) is 0 Å². The van der Waals surface area contributed by atoms with Gasteiger partial charge in [-0.05, 0) is 49.2 Å². The second-order valence-electron chi connectivity index (χ2n) is 6.28. The number of carbonyl (C=O) groups is 2. The minimum Gasteiger partial charge on any atom is -0.486 e. The minimum absolute atomic E-state index is 0.0488. The van der Waals surface area contributed by atoms with E-state index in [9.17, 15) is 9.59 Å². The lowest BCUT2D eigenvalue weighted by atomic mass is 10.1. The van der Waals surface area contributed by atoms with Gasteiger partial charge in [0.15, 0.2) is 11.5 Å². The van der Waals surface area contributed by atoms with Crippen LogP contribution in [-0.2, 0) is 4.79 Å². The van der Waals surface area contributed by atoms with Crippen LogP contribution in [-0.4, -0.2) is 25.0 Å². The van der Waals surface area contributed by atoms with Crippen molar-refractivity contribution in [3.8, 4) is 11.5 Å². The molecule has 2 aromatic carbocycles. The van der Waals surface area contributed by atoms with Crippen LogP contribution in [0.15, 0.2) is 36.4 Å². The van der Waals surface area contributed by atoms with E-state index < -0.39 is 0 Å². The summed E-state index contributed by atoms with van der Waals surface area (Å²) in [6, 6.07) is 10.1. The fourth-order valence-electron chi connectivity index (χ4n) is 2.67. The number of hydrogen-bond donors (Lipinski definition) is 2. The third-order valence-electron chi connectivity index (χ3n) is 4.22. The molecule has 0 aromatic heterocycles. The van der Waals surface area contributed by atoms with Crippen LogP contribution in [0.4, 0.5) is 11.4 Å². The van der Waals surface area contributed by atoms with Gasteiger partial charge in [-0.25, -0.2) is 0 Å². The Kier molecular flexibility index (Phi) is 4.42. The molecule has 0 saturated heterocycles. The SMILES string of the molecule is O=C(Nc1ccc(NC(=O)C2CC2)cc1)c1cc(Cl)c2c(c1)OCCO2.